The highest BCUT2D eigenvalue weighted by Crippen LogP contribution is 2.36. The van der Waals surface area contributed by atoms with Crippen LogP contribution in [0.4, 0.5) is 4.79 Å². The van der Waals surface area contributed by atoms with Crippen LogP contribution in [-0.2, 0) is 19.5 Å². The Morgan fingerprint density at radius 3 is 2.65 bits per heavy atom. The molecule has 0 saturated carbocycles. The van der Waals surface area contributed by atoms with Crippen LogP contribution in [0.25, 0.3) is 0 Å². The van der Waals surface area contributed by atoms with Crippen molar-refractivity contribution in [1.82, 2.24) is 30.5 Å². The van der Waals surface area contributed by atoms with Crippen molar-refractivity contribution in [3.8, 4) is 5.75 Å². The molecule has 0 bridgehead atoms. The summed E-state index contributed by atoms with van der Waals surface area (Å²) in [4.78, 5) is 28.2. The van der Waals surface area contributed by atoms with Crippen LogP contribution < -0.4 is 15.4 Å². The normalized spacial score (nSPS) is 17.9. The number of ether oxygens (including phenoxy) is 1. The first-order chi connectivity index (χ1) is 18.1. The molecule has 1 saturated heterocycles. The standard InChI is InChI=1S/C29H36N6O2/c1-20-28(21(2)34-19-33-20)37-29(36)32-17-22-6-3-7-23(16-22)18-35(25-11-14-30-15-12-25)26-10-4-8-24-9-5-13-31-27(24)26/h3,5-7,9,13,16,19,25-26,30H,4,8,10-12,14-15,17-18H2,1-2H3,(H,32,36). The number of amides is 1. The minimum absolute atomic E-state index is 0.337. The fourth-order valence-electron chi connectivity index (χ4n) is 5.62. The third-order valence-corrected chi connectivity index (χ3v) is 7.49. The molecule has 2 N–H and O–H groups in total. The van der Waals surface area contributed by atoms with Crippen molar-refractivity contribution in [2.45, 2.75) is 71.1 Å². The van der Waals surface area contributed by atoms with Crippen LogP contribution in [0.15, 0.2) is 48.9 Å². The Hall–Kier alpha value is -3.36. The lowest BCUT2D eigenvalue weighted by Crippen LogP contribution is -2.45. The first-order valence-corrected chi connectivity index (χ1v) is 13.3. The summed E-state index contributed by atoms with van der Waals surface area (Å²) in [5.41, 5.74) is 6.21. The van der Waals surface area contributed by atoms with Crippen molar-refractivity contribution in [2.75, 3.05) is 13.1 Å². The highest BCUT2D eigenvalue weighted by atomic mass is 16.6. The van der Waals surface area contributed by atoms with Crippen molar-refractivity contribution in [3.05, 3.63) is 82.7 Å². The number of aryl methyl sites for hydroxylation is 3. The minimum atomic E-state index is -0.507. The van der Waals surface area contributed by atoms with E-state index in [0.717, 1.165) is 50.9 Å². The number of hydrogen-bond acceptors (Lipinski definition) is 7. The Kier molecular flexibility index (Phi) is 8.06. The number of hydrogen-bond donors (Lipinski definition) is 2. The third-order valence-electron chi connectivity index (χ3n) is 7.49. The molecule has 3 heterocycles. The number of piperidine rings is 1. The Morgan fingerprint density at radius 2 is 1.84 bits per heavy atom. The number of fused-ring (bicyclic) bond motifs is 1. The fraction of sp³-hybridized carbons (Fsp3) is 0.448. The third kappa shape index (κ3) is 6.14. The zero-order valence-electron chi connectivity index (χ0n) is 21.7. The van der Waals surface area contributed by atoms with Crippen LogP contribution in [-0.4, -0.2) is 45.1 Å². The molecule has 1 aromatic carbocycles. The summed E-state index contributed by atoms with van der Waals surface area (Å²) in [5, 5.41) is 6.39. The molecular weight excluding hydrogens is 464 g/mol. The average molecular weight is 501 g/mol. The van der Waals surface area contributed by atoms with Crippen molar-refractivity contribution in [3.63, 3.8) is 0 Å². The van der Waals surface area contributed by atoms with E-state index < -0.39 is 6.09 Å². The van der Waals surface area contributed by atoms with Gasteiger partial charge in [-0.05, 0) is 81.8 Å². The van der Waals surface area contributed by atoms with Gasteiger partial charge in [0.15, 0.2) is 5.75 Å². The second-order valence-electron chi connectivity index (χ2n) is 10.0. The lowest BCUT2D eigenvalue weighted by molar-refractivity contribution is 0.0861. The summed E-state index contributed by atoms with van der Waals surface area (Å²) < 4.78 is 5.49. The molecular formula is C29H36N6O2. The molecule has 3 aromatic rings. The van der Waals surface area contributed by atoms with Gasteiger partial charge in [0, 0.05) is 25.3 Å². The summed E-state index contributed by atoms with van der Waals surface area (Å²) in [6.45, 7) is 6.97. The topological polar surface area (TPSA) is 92.3 Å². The number of rotatable bonds is 7. The molecule has 1 aliphatic heterocycles. The van der Waals surface area contributed by atoms with Crippen LogP contribution in [0.5, 0.6) is 5.75 Å². The number of carbonyl (C=O) groups is 1. The van der Waals surface area contributed by atoms with E-state index in [2.05, 4.69) is 55.8 Å². The molecule has 5 rings (SSSR count). The summed E-state index contributed by atoms with van der Waals surface area (Å²) in [7, 11) is 0. The lowest BCUT2D eigenvalue weighted by Gasteiger charge is -2.42. The molecule has 0 radical (unpaired) electrons. The zero-order valence-corrected chi connectivity index (χ0v) is 21.7. The van der Waals surface area contributed by atoms with Gasteiger partial charge in [0.25, 0.3) is 0 Å². The van der Waals surface area contributed by atoms with Gasteiger partial charge in [0.2, 0.25) is 0 Å². The van der Waals surface area contributed by atoms with Gasteiger partial charge in [-0.2, -0.15) is 0 Å². The number of carbonyl (C=O) groups excluding carboxylic acids is 1. The van der Waals surface area contributed by atoms with Crippen LogP contribution in [0, 0.1) is 13.8 Å². The van der Waals surface area contributed by atoms with E-state index in [9.17, 15) is 4.79 Å². The number of benzene rings is 1. The van der Waals surface area contributed by atoms with Gasteiger partial charge in [-0.15, -0.1) is 0 Å². The lowest BCUT2D eigenvalue weighted by atomic mass is 9.88. The first kappa shape index (κ1) is 25.3. The number of aromatic nitrogens is 3. The molecule has 0 spiro atoms. The second kappa shape index (κ2) is 11.8. The van der Waals surface area contributed by atoms with E-state index in [1.54, 1.807) is 13.8 Å². The zero-order chi connectivity index (χ0) is 25.6. The smallest absolute Gasteiger partial charge is 0.406 e. The fourth-order valence-corrected chi connectivity index (χ4v) is 5.62. The molecule has 8 nitrogen and oxygen atoms in total. The van der Waals surface area contributed by atoms with Crippen molar-refractivity contribution in [1.29, 1.82) is 0 Å². The number of nitrogens with one attached hydrogen (secondary N) is 2. The molecule has 1 atom stereocenters. The molecule has 194 valence electrons. The second-order valence-corrected chi connectivity index (χ2v) is 10.0. The Bertz CT molecular complexity index is 1210. The molecule has 8 heteroatoms. The predicted molar refractivity (Wildman–Crippen MR) is 142 cm³/mol. The Labute approximate surface area is 218 Å². The van der Waals surface area contributed by atoms with Crippen molar-refractivity contribution >= 4 is 6.09 Å². The molecule has 1 unspecified atom stereocenters. The summed E-state index contributed by atoms with van der Waals surface area (Å²) >= 11 is 0. The van der Waals surface area contributed by atoms with Crippen LogP contribution in [0.2, 0.25) is 0 Å². The summed E-state index contributed by atoms with van der Waals surface area (Å²) in [6, 6.07) is 13.7. The number of pyridine rings is 1. The molecule has 1 fully saturated rings. The van der Waals surface area contributed by atoms with Crippen LogP contribution in [0.3, 0.4) is 0 Å². The largest absolute Gasteiger partial charge is 0.412 e. The molecule has 37 heavy (non-hydrogen) atoms. The Morgan fingerprint density at radius 1 is 1.05 bits per heavy atom. The van der Waals surface area contributed by atoms with Crippen LogP contribution in [0.1, 0.15) is 65.5 Å². The molecule has 2 aromatic heterocycles. The maximum Gasteiger partial charge on any atom is 0.412 e. The van der Waals surface area contributed by atoms with E-state index >= 15 is 0 Å². The monoisotopic (exact) mass is 500 g/mol. The Balaban J connectivity index is 1.29. The molecule has 1 aliphatic carbocycles. The van der Waals surface area contributed by atoms with Gasteiger partial charge in [-0.25, -0.2) is 14.8 Å². The van der Waals surface area contributed by atoms with Gasteiger partial charge < -0.3 is 15.4 Å². The van der Waals surface area contributed by atoms with Gasteiger partial charge >= 0.3 is 6.09 Å². The van der Waals surface area contributed by atoms with E-state index in [4.69, 9.17) is 9.72 Å². The average Bonchev–Trinajstić information content (AvgIpc) is 2.93. The first-order valence-electron chi connectivity index (χ1n) is 13.3. The summed E-state index contributed by atoms with van der Waals surface area (Å²) in [6.07, 6.45) is 8.65. The molecule has 1 amide bonds. The SMILES string of the molecule is Cc1ncnc(C)c1OC(=O)NCc1cccc(CN(C2CCNCC2)C2CCCc3cccnc32)c1. The highest BCUT2D eigenvalue weighted by Gasteiger charge is 2.32. The minimum Gasteiger partial charge on any atom is -0.406 e. The van der Waals surface area contributed by atoms with Gasteiger partial charge in [-0.1, -0.05) is 30.3 Å². The predicted octanol–water partition coefficient (Wildman–Crippen LogP) is 4.41. The van der Waals surface area contributed by atoms with E-state index in [-0.39, 0.29) is 0 Å². The van der Waals surface area contributed by atoms with Crippen molar-refractivity contribution < 1.29 is 9.53 Å². The van der Waals surface area contributed by atoms with E-state index in [1.165, 1.54) is 29.6 Å². The molecule has 2 aliphatic rings. The maximum atomic E-state index is 12.5. The van der Waals surface area contributed by atoms with E-state index in [1.807, 2.05) is 12.3 Å². The summed E-state index contributed by atoms with van der Waals surface area (Å²) in [5.74, 6) is 0.410. The maximum absolute atomic E-state index is 12.5. The van der Waals surface area contributed by atoms with E-state index in [0.29, 0.717) is 35.8 Å². The quantitative estimate of drug-likeness (QED) is 0.496. The van der Waals surface area contributed by atoms with Gasteiger partial charge in [-0.3, -0.25) is 9.88 Å². The van der Waals surface area contributed by atoms with Gasteiger partial charge in [0.1, 0.15) is 6.33 Å². The number of nitrogens with zero attached hydrogens (tertiary/aromatic N) is 4. The van der Waals surface area contributed by atoms with Gasteiger partial charge in [0.05, 0.1) is 23.1 Å². The highest BCUT2D eigenvalue weighted by molar-refractivity contribution is 5.70. The van der Waals surface area contributed by atoms with Crippen LogP contribution >= 0.6 is 0 Å². The van der Waals surface area contributed by atoms with Crippen molar-refractivity contribution in [2.24, 2.45) is 0 Å².